The molecular weight excluding hydrogens is 294 g/mol. The van der Waals surface area contributed by atoms with E-state index in [9.17, 15) is 18.5 Å². The predicted molar refractivity (Wildman–Crippen MR) is 68.2 cm³/mol. The summed E-state index contributed by atoms with van der Waals surface area (Å²) in [7, 11) is -3.92. The number of anilines is 2. The van der Waals surface area contributed by atoms with Crippen LogP contribution in [0.25, 0.3) is 0 Å². The van der Waals surface area contributed by atoms with Crippen LogP contribution in [-0.2, 0) is 10.0 Å². The van der Waals surface area contributed by atoms with Crippen LogP contribution in [0, 0.1) is 10.1 Å². The second-order valence-corrected chi connectivity index (χ2v) is 5.80. The zero-order valence-corrected chi connectivity index (χ0v) is 10.8. The van der Waals surface area contributed by atoms with E-state index in [1.54, 1.807) is 0 Å². The van der Waals surface area contributed by atoms with Crippen LogP contribution >= 0.6 is 11.5 Å². The van der Waals surface area contributed by atoms with Gasteiger partial charge in [0, 0.05) is 23.7 Å². The Morgan fingerprint density at radius 1 is 1.42 bits per heavy atom. The highest BCUT2D eigenvalue weighted by Crippen LogP contribution is 2.26. The molecular formula is C8H7N5O4S2. The van der Waals surface area contributed by atoms with Crippen molar-refractivity contribution in [2.45, 2.75) is 4.90 Å². The molecule has 3 N–H and O–H groups in total. The van der Waals surface area contributed by atoms with Crippen LogP contribution in [0.15, 0.2) is 29.3 Å². The van der Waals surface area contributed by atoms with Crippen molar-refractivity contribution in [3.8, 4) is 0 Å². The Morgan fingerprint density at radius 2 is 2.16 bits per heavy atom. The molecule has 11 heteroatoms. The van der Waals surface area contributed by atoms with E-state index in [1.165, 1.54) is 6.20 Å². The molecule has 0 amide bonds. The molecule has 0 fully saturated rings. The summed E-state index contributed by atoms with van der Waals surface area (Å²) in [6, 6.07) is 3.12. The lowest BCUT2D eigenvalue weighted by Gasteiger charge is -2.07. The van der Waals surface area contributed by atoms with Crippen molar-refractivity contribution in [1.82, 2.24) is 9.59 Å². The van der Waals surface area contributed by atoms with Gasteiger partial charge >= 0.3 is 0 Å². The number of aromatic nitrogens is 2. The van der Waals surface area contributed by atoms with Crippen molar-refractivity contribution in [1.29, 1.82) is 0 Å². The van der Waals surface area contributed by atoms with Gasteiger partial charge in [-0.2, -0.15) is 0 Å². The lowest BCUT2D eigenvalue weighted by molar-refractivity contribution is -0.384. The number of nitrogen functional groups attached to an aromatic ring is 1. The predicted octanol–water partition coefficient (Wildman–Crippen LogP) is 0.829. The fraction of sp³-hybridized carbons (Fsp3) is 0. The van der Waals surface area contributed by atoms with E-state index in [2.05, 4.69) is 14.3 Å². The lowest BCUT2D eigenvalue weighted by atomic mass is 10.3. The van der Waals surface area contributed by atoms with Gasteiger partial charge in [-0.25, -0.2) is 8.42 Å². The molecule has 2 rings (SSSR count). The first-order chi connectivity index (χ1) is 8.90. The highest BCUT2D eigenvalue weighted by molar-refractivity contribution is 7.93. The van der Waals surface area contributed by atoms with Crippen LogP contribution in [0.3, 0.4) is 0 Å². The zero-order chi connectivity index (χ0) is 14.0. The third kappa shape index (κ3) is 2.77. The number of non-ortho nitro benzene ring substituents is 1. The quantitative estimate of drug-likeness (QED) is 0.484. The molecule has 9 nitrogen and oxygen atoms in total. The number of nitro groups is 1. The minimum absolute atomic E-state index is 0.209. The lowest BCUT2D eigenvalue weighted by Crippen LogP contribution is -2.14. The van der Waals surface area contributed by atoms with Crippen molar-refractivity contribution in [2.24, 2.45) is 0 Å². The number of sulfonamides is 1. The van der Waals surface area contributed by atoms with Gasteiger partial charge in [0.1, 0.15) is 9.90 Å². The number of hydrogen-bond acceptors (Lipinski definition) is 8. The van der Waals surface area contributed by atoms with Crippen molar-refractivity contribution < 1.29 is 13.3 Å². The zero-order valence-electron chi connectivity index (χ0n) is 9.18. The molecule has 0 aliphatic heterocycles. The average molecular weight is 301 g/mol. The second-order valence-electron chi connectivity index (χ2n) is 3.37. The maximum atomic E-state index is 12.0. The summed E-state index contributed by atoms with van der Waals surface area (Å²) in [4.78, 5) is 9.64. The Labute approximate surface area is 111 Å². The van der Waals surface area contributed by atoms with Gasteiger partial charge in [-0.15, -0.1) is 5.10 Å². The standard InChI is InChI=1S/C8H7N5O4S2/c9-6-3-5(13(14)15)1-2-7(6)19(16,17)11-8-4-10-12-18-8/h1-4,11H,9H2. The fourth-order valence-corrected chi connectivity index (χ4v) is 3.09. The van der Waals surface area contributed by atoms with Crippen LogP contribution in [-0.4, -0.2) is 22.9 Å². The minimum Gasteiger partial charge on any atom is -0.397 e. The summed E-state index contributed by atoms with van der Waals surface area (Å²) < 4.78 is 29.7. The highest BCUT2D eigenvalue weighted by atomic mass is 32.2. The molecule has 0 unspecified atom stereocenters. The number of nitrogens with one attached hydrogen (secondary N) is 1. The van der Waals surface area contributed by atoms with E-state index < -0.39 is 14.9 Å². The van der Waals surface area contributed by atoms with E-state index in [0.717, 1.165) is 29.7 Å². The third-order valence-corrected chi connectivity index (χ3v) is 4.24. The molecule has 100 valence electrons. The van der Waals surface area contributed by atoms with Gasteiger partial charge in [-0.1, -0.05) is 4.49 Å². The number of benzene rings is 1. The maximum absolute atomic E-state index is 12.0. The molecule has 0 radical (unpaired) electrons. The molecule has 0 spiro atoms. The number of nitro benzene ring substituents is 1. The normalized spacial score (nSPS) is 11.2. The van der Waals surface area contributed by atoms with Gasteiger partial charge in [0.2, 0.25) is 0 Å². The highest BCUT2D eigenvalue weighted by Gasteiger charge is 2.20. The smallest absolute Gasteiger partial charge is 0.271 e. The maximum Gasteiger partial charge on any atom is 0.271 e. The van der Waals surface area contributed by atoms with Crippen LogP contribution in [0.1, 0.15) is 0 Å². The van der Waals surface area contributed by atoms with Crippen molar-refractivity contribution >= 4 is 37.9 Å². The molecule has 1 aromatic carbocycles. The van der Waals surface area contributed by atoms with Crippen LogP contribution in [0.2, 0.25) is 0 Å². The van der Waals surface area contributed by atoms with E-state index in [-0.39, 0.29) is 21.3 Å². The molecule has 0 atom stereocenters. The Morgan fingerprint density at radius 3 is 2.68 bits per heavy atom. The number of rotatable bonds is 4. The summed E-state index contributed by atoms with van der Waals surface area (Å²) in [5, 5.41) is 14.2. The molecule has 0 aliphatic carbocycles. The third-order valence-electron chi connectivity index (χ3n) is 2.09. The van der Waals surface area contributed by atoms with E-state index >= 15 is 0 Å². The number of nitrogens with two attached hydrogens (primary N) is 1. The van der Waals surface area contributed by atoms with Gasteiger partial charge in [-0.05, 0) is 6.07 Å². The Balaban J connectivity index is 2.38. The minimum atomic E-state index is -3.92. The Hall–Kier alpha value is -2.27. The first-order valence-corrected chi connectivity index (χ1v) is 7.00. The van der Waals surface area contributed by atoms with Gasteiger partial charge in [0.25, 0.3) is 15.7 Å². The average Bonchev–Trinajstić information content (AvgIpc) is 2.80. The fourth-order valence-electron chi connectivity index (χ4n) is 1.29. The van der Waals surface area contributed by atoms with E-state index in [4.69, 9.17) is 5.73 Å². The van der Waals surface area contributed by atoms with Crippen LogP contribution < -0.4 is 10.5 Å². The molecule has 1 aromatic heterocycles. The van der Waals surface area contributed by atoms with E-state index in [1.807, 2.05) is 0 Å². The van der Waals surface area contributed by atoms with Crippen molar-refractivity contribution in [3.05, 3.63) is 34.5 Å². The molecule has 0 aliphatic rings. The summed E-state index contributed by atoms with van der Waals surface area (Å²) in [5.74, 6) is 0. The van der Waals surface area contributed by atoms with Crippen molar-refractivity contribution in [2.75, 3.05) is 10.5 Å². The molecule has 2 aromatic rings. The summed E-state index contributed by atoms with van der Waals surface area (Å²) in [5.41, 5.74) is 5.03. The van der Waals surface area contributed by atoms with Crippen LogP contribution in [0.5, 0.6) is 0 Å². The topological polar surface area (TPSA) is 141 Å². The van der Waals surface area contributed by atoms with Gasteiger partial charge in [0.05, 0.1) is 16.8 Å². The molecule has 0 saturated heterocycles. The van der Waals surface area contributed by atoms with Crippen LogP contribution in [0.4, 0.5) is 16.4 Å². The Kier molecular flexibility index (Phi) is 3.31. The molecule has 19 heavy (non-hydrogen) atoms. The SMILES string of the molecule is Nc1cc([N+](=O)[O-])ccc1S(=O)(=O)Nc1cnns1. The number of nitrogens with zero attached hydrogens (tertiary/aromatic N) is 3. The van der Waals surface area contributed by atoms with Gasteiger partial charge in [0.15, 0.2) is 0 Å². The van der Waals surface area contributed by atoms with E-state index in [0.29, 0.717) is 0 Å². The summed E-state index contributed by atoms with van der Waals surface area (Å²) in [6.45, 7) is 0. The number of hydrogen-bond donors (Lipinski definition) is 2. The first-order valence-electron chi connectivity index (χ1n) is 4.74. The summed E-state index contributed by atoms with van der Waals surface area (Å²) in [6.07, 6.45) is 1.24. The van der Waals surface area contributed by atoms with Gasteiger partial charge < -0.3 is 5.73 Å². The monoisotopic (exact) mass is 301 g/mol. The Bertz CT molecular complexity index is 713. The first kappa shape index (κ1) is 13.2. The molecule has 0 saturated carbocycles. The van der Waals surface area contributed by atoms with Crippen molar-refractivity contribution in [3.63, 3.8) is 0 Å². The molecule has 0 bridgehead atoms. The summed E-state index contributed by atoms with van der Waals surface area (Å²) >= 11 is 0.858. The molecule has 1 heterocycles. The van der Waals surface area contributed by atoms with Gasteiger partial charge in [-0.3, -0.25) is 14.8 Å². The largest absolute Gasteiger partial charge is 0.397 e. The second kappa shape index (κ2) is 4.78.